The predicted molar refractivity (Wildman–Crippen MR) is 59.0 cm³/mol. The maximum atomic E-state index is 11.1. The molecule has 4 heteroatoms. The number of ketones is 1. The first kappa shape index (κ1) is 11.0. The van der Waals surface area contributed by atoms with Crippen molar-refractivity contribution < 1.29 is 4.79 Å². The van der Waals surface area contributed by atoms with Crippen molar-refractivity contribution in [2.75, 3.05) is 5.33 Å². The first-order chi connectivity index (χ1) is 6.13. The Bertz CT molecular complexity index is 325. The van der Waals surface area contributed by atoms with Gasteiger partial charge in [-0.05, 0) is 23.8 Å². The molecule has 1 rings (SSSR count). The Morgan fingerprint density at radius 1 is 1.38 bits per heavy atom. The zero-order valence-corrected chi connectivity index (χ0v) is 9.79. The van der Waals surface area contributed by atoms with Crippen LogP contribution < -0.4 is 0 Å². The molecule has 13 heavy (non-hydrogen) atoms. The van der Waals surface area contributed by atoms with E-state index in [4.69, 9.17) is 23.2 Å². The lowest BCUT2D eigenvalue weighted by Crippen LogP contribution is -2.03. The topological polar surface area (TPSA) is 17.1 Å². The zero-order chi connectivity index (χ0) is 9.84. The molecule has 0 atom stereocenters. The molecule has 0 heterocycles. The lowest BCUT2D eigenvalue weighted by molar-refractivity contribution is -0.115. The molecule has 1 aromatic carbocycles. The van der Waals surface area contributed by atoms with E-state index in [1.165, 1.54) is 0 Å². The summed E-state index contributed by atoms with van der Waals surface area (Å²) in [5, 5.41) is 1.52. The van der Waals surface area contributed by atoms with Gasteiger partial charge in [-0.1, -0.05) is 39.1 Å². The summed E-state index contributed by atoms with van der Waals surface area (Å²) in [6.45, 7) is 0. The Hall–Kier alpha value is -0.0500. The van der Waals surface area contributed by atoms with Crippen molar-refractivity contribution in [1.29, 1.82) is 0 Å². The van der Waals surface area contributed by atoms with E-state index in [0.29, 0.717) is 21.8 Å². The van der Waals surface area contributed by atoms with E-state index >= 15 is 0 Å². The largest absolute Gasteiger partial charge is 0.298 e. The maximum Gasteiger partial charge on any atom is 0.147 e. The van der Waals surface area contributed by atoms with Crippen LogP contribution in [0.2, 0.25) is 10.0 Å². The van der Waals surface area contributed by atoms with Gasteiger partial charge in [0.1, 0.15) is 5.78 Å². The first-order valence-corrected chi connectivity index (χ1v) is 5.53. The van der Waals surface area contributed by atoms with E-state index in [1.807, 2.05) is 0 Å². The van der Waals surface area contributed by atoms with Crippen molar-refractivity contribution in [3.05, 3.63) is 33.8 Å². The molecule has 0 aromatic heterocycles. The van der Waals surface area contributed by atoms with Gasteiger partial charge in [-0.3, -0.25) is 4.79 Å². The van der Waals surface area contributed by atoms with Gasteiger partial charge >= 0.3 is 0 Å². The minimum absolute atomic E-state index is 0.0872. The average Bonchev–Trinajstić information content (AvgIpc) is 2.11. The monoisotopic (exact) mass is 280 g/mol. The standard InChI is InChI=1S/C9H7BrCl2O/c10-5-8(13)4-6-3-7(11)1-2-9(6)12/h1-3H,4-5H2. The third kappa shape index (κ3) is 3.29. The number of halogens is 3. The second-order valence-electron chi connectivity index (χ2n) is 2.58. The molecule has 0 aliphatic heterocycles. The van der Waals surface area contributed by atoms with Gasteiger partial charge in [0.15, 0.2) is 0 Å². The average molecular weight is 282 g/mol. The van der Waals surface area contributed by atoms with E-state index in [2.05, 4.69) is 15.9 Å². The number of hydrogen-bond acceptors (Lipinski definition) is 1. The molecule has 0 unspecified atom stereocenters. The second kappa shape index (κ2) is 4.99. The highest BCUT2D eigenvalue weighted by molar-refractivity contribution is 9.09. The lowest BCUT2D eigenvalue weighted by Gasteiger charge is -2.02. The number of benzene rings is 1. The summed E-state index contributed by atoms with van der Waals surface area (Å²) >= 11 is 14.7. The van der Waals surface area contributed by atoms with E-state index in [-0.39, 0.29) is 5.78 Å². The summed E-state index contributed by atoms with van der Waals surface area (Å²) in [5.74, 6) is 0.0872. The summed E-state index contributed by atoms with van der Waals surface area (Å²) in [7, 11) is 0. The quantitative estimate of drug-likeness (QED) is 0.775. The van der Waals surface area contributed by atoms with Gasteiger partial charge in [-0.25, -0.2) is 0 Å². The van der Waals surface area contributed by atoms with E-state index in [9.17, 15) is 4.79 Å². The van der Waals surface area contributed by atoms with E-state index < -0.39 is 0 Å². The molecule has 0 spiro atoms. The van der Waals surface area contributed by atoms with Crippen LogP contribution in [0.3, 0.4) is 0 Å². The molecule has 0 amide bonds. The molecule has 0 saturated heterocycles. The highest BCUT2D eigenvalue weighted by Crippen LogP contribution is 2.21. The Labute approximate surface area is 95.2 Å². The van der Waals surface area contributed by atoms with Crippen LogP contribution in [-0.4, -0.2) is 11.1 Å². The molecule has 0 aliphatic carbocycles. The van der Waals surface area contributed by atoms with Crippen LogP contribution in [0.4, 0.5) is 0 Å². The maximum absolute atomic E-state index is 11.1. The smallest absolute Gasteiger partial charge is 0.147 e. The molecule has 1 aromatic rings. The molecular weight excluding hydrogens is 275 g/mol. The van der Waals surface area contributed by atoms with Gasteiger partial charge in [0, 0.05) is 16.5 Å². The number of rotatable bonds is 3. The highest BCUT2D eigenvalue weighted by Gasteiger charge is 2.06. The molecule has 0 N–H and O–H groups in total. The Balaban J connectivity index is 2.87. The molecule has 1 nitrogen and oxygen atoms in total. The first-order valence-electron chi connectivity index (χ1n) is 3.65. The summed E-state index contributed by atoms with van der Waals surface area (Å²) < 4.78 is 0. The van der Waals surface area contributed by atoms with Gasteiger partial charge in [-0.2, -0.15) is 0 Å². The van der Waals surface area contributed by atoms with Crippen LogP contribution in [-0.2, 0) is 11.2 Å². The summed E-state index contributed by atoms with van der Waals surface area (Å²) in [4.78, 5) is 11.1. The number of Topliss-reactive ketones (excluding diaryl/α,β-unsaturated/α-hetero) is 1. The summed E-state index contributed by atoms with van der Waals surface area (Å²) in [6, 6.07) is 5.11. The van der Waals surface area contributed by atoms with Crippen LogP contribution in [0.1, 0.15) is 5.56 Å². The van der Waals surface area contributed by atoms with Crippen molar-refractivity contribution in [2.45, 2.75) is 6.42 Å². The van der Waals surface area contributed by atoms with Crippen molar-refractivity contribution in [2.24, 2.45) is 0 Å². The number of carbonyl (C=O) groups excluding carboxylic acids is 1. The molecule has 0 radical (unpaired) electrons. The number of hydrogen-bond donors (Lipinski definition) is 0. The van der Waals surface area contributed by atoms with Crippen LogP contribution in [0, 0.1) is 0 Å². The van der Waals surface area contributed by atoms with E-state index in [1.54, 1.807) is 18.2 Å². The minimum atomic E-state index is 0.0872. The van der Waals surface area contributed by atoms with Gasteiger partial charge in [0.25, 0.3) is 0 Å². The van der Waals surface area contributed by atoms with Gasteiger partial charge < -0.3 is 0 Å². The van der Waals surface area contributed by atoms with Crippen molar-refractivity contribution in [3.8, 4) is 0 Å². The fraction of sp³-hybridized carbons (Fsp3) is 0.222. The van der Waals surface area contributed by atoms with Crippen molar-refractivity contribution in [3.63, 3.8) is 0 Å². The number of carbonyl (C=O) groups is 1. The molecule has 0 bridgehead atoms. The third-order valence-electron chi connectivity index (χ3n) is 1.54. The molecular formula is C9H7BrCl2O. The van der Waals surface area contributed by atoms with Crippen LogP contribution >= 0.6 is 39.1 Å². The van der Waals surface area contributed by atoms with Crippen LogP contribution in [0.25, 0.3) is 0 Å². The Morgan fingerprint density at radius 2 is 2.08 bits per heavy atom. The molecule has 0 saturated carbocycles. The third-order valence-corrected chi connectivity index (χ3v) is 2.77. The number of alkyl halides is 1. The molecule has 70 valence electrons. The normalized spacial score (nSPS) is 10.1. The summed E-state index contributed by atoms with van der Waals surface area (Å²) in [6.07, 6.45) is 0.324. The van der Waals surface area contributed by atoms with E-state index in [0.717, 1.165) is 5.56 Å². The zero-order valence-electron chi connectivity index (χ0n) is 6.69. The van der Waals surface area contributed by atoms with Crippen LogP contribution in [0.5, 0.6) is 0 Å². The van der Waals surface area contributed by atoms with Gasteiger partial charge in [0.05, 0.1) is 5.33 Å². The van der Waals surface area contributed by atoms with Crippen molar-refractivity contribution in [1.82, 2.24) is 0 Å². The predicted octanol–water partition coefficient (Wildman–Crippen LogP) is 3.50. The second-order valence-corrected chi connectivity index (χ2v) is 3.99. The fourth-order valence-electron chi connectivity index (χ4n) is 0.938. The Morgan fingerprint density at radius 3 is 2.69 bits per heavy atom. The van der Waals surface area contributed by atoms with Crippen molar-refractivity contribution >= 4 is 44.9 Å². The van der Waals surface area contributed by atoms with Gasteiger partial charge in [-0.15, -0.1) is 0 Å². The minimum Gasteiger partial charge on any atom is -0.298 e. The molecule has 0 fully saturated rings. The Kier molecular flexibility index (Phi) is 4.23. The molecule has 0 aliphatic rings. The fourth-order valence-corrected chi connectivity index (χ4v) is 1.52. The van der Waals surface area contributed by atoms with Crippen LogP contribution in [0.15, 0.2) is 18.2 Å². The van der Waals surface area contributed by atoms with Gasteiger partial charge in [0.2, 0.25) is 0 Å². The SMILES string of the molecule is O=C(CBr)Cc1cc(Cl)ccc1Cl. The highest BCUT2D eigenvalue weighted by atomic mass is 79.9. The lowest BCUT2D eigenvalue weighted by atomic mass is 10.1. The summed E-state index contributed by atoms with van der Waals surface area (Å²) in [5.41, 5.74) is 0.776.